The normalized spacial score (nSPS) is 10.5. The average molecular weight is 705 g/mol. The first kappa shape index (κ1) is 35.1. The maximum atomic E-state index is 11.5. The van der Waals surface area contributed by atoms with Crippen molar-refractivity contribution in [3.63, 3.8) is 0 Å². The molecule has 4 N–H and O–H groups in total. The van der Waals surface area contributed by atoms with Crippen molar-refractivity contribution in [3.05, 3.63) is 56.6 Å². The SMILES string of the molecule is CC(C)(C)OC(=O)Nc1cc(N)ccc1Cl.CC(C)(C)OC(=O)Nc1cc([N+](=O)[O-])ccc1Cl.[Cl][Sn][Cl]. The Bertz CT molecular complexity index is 1080. The molecular weight excluding hydrogens is 677 g/mol. The number of nitro groups is 1. The fourth-order valence-electron chi connectivity index (χ4n) is 2.19. The molecule has 0 aromatic heterocycles. The fraction of sp³-hybridized carbons (Fsp3) is 0.364. The number of nitrogen functional groups attached to an aromatic ring is 1. The molecule has 0 aliphatic heterocycles. The number of amides is 2. The van der Waals surface area contributed by atoms with Gasteiger partial charge in [0.15, 0.2) is 0 Å². The van der Waals surface area contributed by atoms with Crippen molar-refractivity contribution in [2.24, 2.45) is 0 Å². The van der Waals surface area contributed by atoms with E-state index in [4.69, 9.17) is 56.3 Å². The van der Waals surface area contributed by atoms with E-state index >= 15 is 0 Å². The summed E-state index contributed by atoms with van der Waals surface area (Å²) in [6.07, 6.45) is -1.27. The van der Waals surface area contributed by atoms with Gasteiger partial charge in [-0.15, -0.1) is 0 Å². The van der Waals surface area contributed by atoms with Crippen molar-refractivity contribution in [1.29, 1.82) is 0 Å². The Morgan fingerprint density at radius 2 is 1.24 bits per heavy atom. The summed E-state index contributed by atoms with van der Waals surface area (Å²) in [6, 6.07) is 8.61. The molecule has 10 nitrogen and oxygen atoms in total. The van der Waals surface area contributed by atoms with E-state index in [0.717, 1.165) is 0 Å². The van der Waals surface area contributed by atoms with Gasteiger partial charge < -0.3 is 15.2 Å². The first-order chi connectivity index (χ1) is 16.9. The van der Waals surface area contributed by atoms with Crippen LogP contribution in [0.2, 0.25) is 10.0 Å². The quantitative estimate of drug-likeness (QED) is 0.128. The third kappa shape index (κ3) is 16.6. The third-order valence-corrected chi connectivity index (χ3v) is 4.08. The van der Waals surface area contributed by atoms with E-state index in [9.17, 15) is 19.7 Å². The summed E-state index contributed by atoms with van der Waals surface area (Å²) in [5.74, 6) is 0. The fourth-order valence-corrected chi connectivity index (χ4v) is 2.52. The van der Waals surface area contributed by atoms with Gasteiger partial charge in [0, 0.05) is 17.8 Å². The third-order valence-electron chi connectivity index (χ3n) is 3.42. The van der Waals surface area contributed by atoms with Crippen molar-refractivity contribution >= 4 is 94.9 Å². The molecule has 2 aromatic rings. The molecule has 204 valence electrons. The Labute approximate surface area is 243 Å². The number of nitrogens with two attached hydrogens (primary N) is 1. The van der Waals surface area contributed by atoms with Crippen molar-refractivity contribution in [1.82, 2.24) is 0 Å². The predicted octanol–water partition coefficient (Wildman–Crippen LogP) is 7.86. The van der Waals surface area contributed by atoms with E-state index < -0.39 is 47.2 Å². The van der Waals surface area contributed by atoms with Crippen LogP contribution in [0, 0.1) is 10.1 Å². The van der Waals surface area contributed by atoms with Crippen LogP contribution in [0.3, 0.4) is 0 Å². The van der Waals surface area contributed by atoms with E-state index in [-0.39, 0.29) is 16.4 Å². The monoisotopic (exact) mass is 704 g/mol. The van der Waals surface area contributed by atoms with Gasteiger partial charge in [0.25, 0.3) is 5.69 Å². The van der Waals surface area contributed by atoms with Crippen molar-refractivity contribution in [2.45, 2.75) is 52.7 Å². The number of non-ortho nitro benzene ring substituents is 1. The predicted molar refractivity (Wildman–Crippen MR) is 151 cm³/mol. The second-order valence-electron chi connectivity index (χ2n) is 8.99. The number of nitro benzene ring substituents is 1. The topological polar surface area (TPSA) is 146 Å². The Morgan fingerprint density at radius 3 is 1.62 bits per heavy atom. The Morgan fingerprint density at radius 1 is 0.865 bits per heavy atom. The number of rotatable bonds is 3. The van der Waals surface area contributed by atoms with Crippen LogP contribution in [-0.2, 0) is 9.47 Å². The molecular formula is C22H28Cl4N4O6Sn. The van der Waals surface area contributed by atoms with Gasteiger partial charge in [-0.2, -0.15) is 0 Å². The number of nitrogens with zero attached hydrogens (tertiary/aromatic N) is 1. The molecule has 0 aliphatic rings. The van der Waals surface area contributed by atoms with E-state index in [1.165, 1.54) is 18.2 Å². The molecule has 15 heteroatoms. The van der Waals surface area contributed by atoms with Crippen LogP contribution in [0.4, 0.5) is 32.3 Å². The molecule has 2 radical (unpaired) electrons. The van der Waals surface area contributed by atoms with E-state index in [1.54, 1.807) is 59.7 Å². The second kappa shape index (κ2) is 16.2. The number of halogens is 4. The summed E-state index contributed by atoms with van der Waals surface area (Å²) in [5.41, 5.74) is 5.32. The number of carbonyl (C=O) groups is 2. The molecule has 0 aliphatic carbocycles. The molecule has 2 amide bonds. The van der Waals surface area contributed by atoms with Crippen LogP contribution < -0.4 is 16.4 Å². The number of ether oxygens (including phenoxy) is 2. The Kier molecular flexibility index (Phi) is 15.4. The zero-order chi connectivity index (χ0) is 29.0. The van der Waals surface area contributed by atoms with Gasteiger partial charge in [-0.25, -0.2) is 9.59 Å². The maximum absolute atomic E-state index is 11.5. The van der Waals surface area contributed by atoms with Gasteiger partial charge in [-0.05, 0) is 65.8 Å². The zero-order valence-corrected chi connectivity index (χ0v) is 26.8. The summed E-state index contributed by atoms with van der Waals surface area (Å²) in [7, 11) is 9.87. The van der Waals surface area contributed by atoms with Gasteiger partial charge >= 0.3 is 48.9 Å². The molecule has 0 saturated carbocycles. The Balaban J connectivity index is 0.000000637. The first-order valence-corrected chi connectivity index (χ1v) is 18.3. The number of nitrogens with one attached hydrogen (secondary N) is 2. The van der Waals surface area contributed by atoms with Gasteiger partial charge in [0.05, 0.1) is 26.3 Å². The molecule has 0 fully saturated rings. The molecule has 0 bridgehead atoms. The van der Waals surface area contributed by atoms with Crippen molar-refractivity contribution in [3.8, 4) is 0 Å². The van der Waals surface area contributed by atoms with Crippen LogP contribution in [0.25, 0.3) is 0 Å². The summed E-state index contributed by atoms with van der Waals surface area (Å²) < 4.78 is 10.1. The summed E-state index contributed by atoms with van der Waals surface area (Å²) in [4.78, 5) is 33.0. The molecule has 37 heavy (non-hydrogen) atoms. The minimum atomic E-state index is -0.826. The molecule has 0 unspecified atom stereocenters. The van der Waals surface area contributed by atoms with Crippen LogP contribution >= 0.6 is 41.0 Å². The number of anilines is 3. The molecule has 0 saturated heterocycles. The molecule has 0 spiro atoms. The summed E-state index contributed by atoms with van der Waals surface area (Å²) in [5, 5.41) is 16.1. The minimum absolute atomic E-state index is 0.139. The number of carbonyl (C=O) groups excluding carboxylic acids is 2. The van der Waals surface area contributed by atoms with E-state index in [0.29, 0.717) is 16.4 Å². The average Bonchev–Trinajstić information content (AvgIpc) is 2.70. The van der Waals surface area contributed by atoms with E-state index in [2.05, 4.69) is 10.6 Å². The standard InChI is InChI=1S/C11H13ClN2O4.C11H15ClN2O2.2ClH.Sn/c1-11(2,3)18-10(15)13-9-6-7(14(16)17)4-5-8(9)12;1-11(2,3)16-10(15)14-9-6-7(13)4-5-8(9)12;;;/h4-6H,1-3H3,(H,13,15);4-6H,13H2,1-3H3,(H,14,15);2*1H;/q;;;;+2/p-2. The van der Waals surface area contributed by atoms with Gasteiger partial charge in [0.2, 0.25) is 0 Å². The van der Waals surface area contributed by atoms with Gasteiger partial charge in [-0.3, -0.25) is 20.7 Å². The molecule has 2 aromatic carbocycles. The number of hydrogen-bond acceptors (Lipinski definition) is 7. The van der Waals surface area contributed by atoms with Gasteiger partial charge in [-0.1, -0.05) is 23.2 Å². The van der Waals surface area contributed by atoms with Crippen LogP contribution in [0.15, 0.2) is 36.4 Å². The second-order valence-corrected chi connectivity index (χ2v) is 14.0. The van der Waals surface area contributed by atoms with Crippen LogP contribution in [0.1, 0.15) is 41.5 Å². The summed E-state index contributed by atoms with van der Waals surface area (Å²) >= 11 is 10.9. The van der Waals surface area contributed by atoms with Crippen LogP contribution in [0.5, 0.6) is 0 Å². The van der Waals surface area contributed by atoms with Crippen LogP contribution in [-0.4, -0.2) is 47.2 Å². The molecule has 0 atom stereocenters. The first-order valence-electron chi connectivity index (χ1n) is 10.3. The molecule has 2 rings (SSSR count). The van der Waals surface area contributed by atoms with Gasteiger partial charge in [0.1, 0.15) is 11.2 Å². The van der Waals surface area contributed by atoms with Crippen molar-refractivity contribution < 1.29 is 24.0 Å². The van der Waals surface area contributed by atoms with Crippen molar-refractivity contribution in [2.75, 3.05) is 16.4 Å². The number of hydrogen-bond donors (Lipinski definition) is 3. The summed E-state index contributed by atoms with van der Waals surface area (Å²) in [6.45, 7) is 10.5. The molecule has 0 heterocycles. The number of benzene rings is 2. The zero-order valence-electron chi connectivity index (χ0n) is 21.0. The Hall–Kier alpha value is -1.86. The van der Waals surface area contributed by atoms with E-state index in [1.807, 2.05) is 0 Å².